The molecule has 3 rings (SSSR count). The van der Waals surface area contributed by atoms with Crippen LogP contribution in [0.25, 0.3) is 0 Å². The van der Waals surface area contributed by atoms with E-state index in [1.807, 2.05) is 0 Å². The standard InChI is InChI=1S/C18H16ClN3O5/c1-22-9-14(16(21-22)18(24)25-2)20-17(23)15-7-6-13(27-15)10-26-12-5-3-4-11(19)8-12/h3-9H,10H2,1-2H3,(H,20,23). The Balaban J connectivity index is 1.66. The lowest BCUT2D eigenvalue weighted by Gasteiger charge is -2.04. The molecule has 0 unspecified atom stereocenters. The van der Waals surface area contributed by atoms with E-state index in [2.05, 4.69) is 15.2 Å². The molecule has 8 nitrogen and oxygen atoms in total. The highest BCUT2D eigenvalue weighted by molar-refractivity contribution is 6.30. The molecular formula is C18H16ClN3O5. The number of hydrogen-bond donors (Lipinski definition) is 1. The van der Waals surface area contributed by atoms with Crippen LogP contribution >= 0.6 is 11.6 Å². The topological polar surface area (TPSA) is 95.6 Å². The number of hydrogen-bond acceptors (Lipinski definition) is 6. The molecule has 0 saturated heterocycles. The van der Waals surface area contributed by atoms with E-state index in [1.54, 1.807) is 37.4 Å². The molecular weight excluding hydrogens is 374 g/mol. The van der Waals surface area contributed by atoms with Crippen LogP contribution in [0.1, 0.15) is 26.8 Å². The monoisotopic (exact) mass is 389 g/mol. The minimum atomic E-state index is -0.652. The van der Waals surface area contributed by atoms with Crippen LogP contribution in [0.15, 0.2) is 47.0 Å². The van der Waals surface area contributed by atoms with Crippen molar-refractivity contribution in [1.82, 2.24) is 9.78 Å². The number of carbonyl (C=O) groups excluding carboxylic acids is 2. The number of benzene rings is 1. The molecule has 1 amide bonds. The number of aromatic nitrogens is 2. The number of amides is 1. The third-order valence-corrected chi connectivity index (χ3v) is 3.75. The van der Waals surface area contributed by atoms with Gasteiger partial charge in [0.2, 0.25) is 0 Å². The Morgan fingerprint density at radius 1 is 1.30 bits per heavy atom. The van der Waals surface area contributed by atoms with Crippen molar-refractivity contribution in [2.75, 3.05) is 12.4 Å². The van der Waals surface area contributed by atoms with Gasteiger partial charge in [0.05, 0.1) is 12.8 Å². The Bertz CT molecular complexity index is 979. The van der Waals surface area contributed by atoms with Gasteiger partial charge in [-0.05, 0) is 30.3 Å². The Labute approximate surface area is 159 Å². The molecule has 0 atom stereocenters. The van der Waals surface area contributed by atoms with Crippen LogP contribution in [0, 0.1) is 0 Å². The lowest BCUT2D eigenvalue weighted by Crippen LogP contribution is -2.14. The molecule has 9 heteroatoms. The van der Waals surface area contributed by atoms with E-state index in [0.717, 1.165) is 0 Å². The summed E-state index contributed by atoms with van der Waals surface area (Å²) in [5.74, 6) is -0.0648. The van der Waals surface area contributed by atoms with Crippen molar-refractivity contribution in [2.24, 2.45) is 7.05 Å². The summed E-state index contributed by atoms with van der Waals surface area (Å²) in [5, 5.41) is 7.11. The van der Waals surface area contributed by atoms with Gasteiger partial charge in [0.15, 0.2) is 11.5 Å². The number of carbonyl (C=O) groups is 2. The van der Waals surface area contributed by atoms with Gasteiger partial charge in [-0.25, -0.2) is 4.79 Å². The lowest BCUT2D eigenvalue weighted by molar-refractivity contribution is 0.0594. The number of rotatable bonds is 6. The van der Waals surface area contributed by atoms with Gasteiger partial charge in [0.25, 0.3) is 5.91 Å². The summed E-state index contributed by atoms with van der Waals surface area (Å²) in [6, 6.07) is 10.1. The average molecular weight is 390 g/mol. The number of nitrogens with zero attached hydrogens (tertiary/aromatic N) is 2. The van der Waals surface area contributed by atoms with E-state index in [4.69, 9.17) is 20.8 Å². The second-order valence-electron chi connectivity index (χ2n) is 5.52. The maximum atomic E-state index is 12.4. The number of anilines is 1. The number of ether oxygens (including phenoxy) is 2. The Morgan fingerprint density at radius 3 is 2.85 bits per heavy atom. The number of aryl methyl sites for hydroxylation is 1. The number of esters is 1. The fourth-order valence-corrected chi connectivity index (χ4v) is 2.48. The third kappa shape index (κ3) is 4.48. The van der Waals surface area contributed by atoms with Crippen LogP contribution in [0.4, 0.5) is 5.69 Å². The molecule has 140 valence electrons. The normalized spacial score (nSPS) is 10.5. The maximum absolute atomic E-state index is 12.4. The fraction of sp³-hybridized carbons (Fsp3) is 0.167. The predicted octanol–water partition coefficient (Wildman–Crippen LogP) is 3.28. The van der Waals surface area contributed by atoms with Crippen LogP contribution in [-0.2, 0) is 18.4 Å². The van der Waals surface area contributed by atoms with Crippen LogP contribution in [0.3, 0.4) is 0 Å². The molecule has 0 aliphatic heterocycles. The zero-order chi connectivity index (χ0) is 19.4. The number of nitrogens with one attached hydrogen (secondary N) is 1. The van der Waals surface area contributed by atoms with Crippen molar-refractivity contribution >= 4 is 29.2 Å². The van der Waals surface area contributed by atoms with E-state index in [-0.39, 0.29) is 23.7 Å². The maximum Gasteiger partial charge on any atom is 0.360 e. The summed E-state index contributed by atoms with van der Waals surface area (Å²) < 4.78 is 17.1. The zero-order valence-corrected chi connectivity index (χ0v) is 15.3. The highest BCUT2D eigenvalue weighted by atomic mass is 35.5. The summed E-state index contributed by atoms with van der Waals surface area (Å²) in [5.41, 5.74) is 0.229. The van der Waals surface area contributed by atoms with Gasteiger partial charge in [-0.1, -0.05) is 17.7 Å². The molecule has 0 bridgehead atoms. The summed E-state index contributed by atoms with van der Waals surface area (Å²) in [6.45, 7) is 0.133. The second-order valence-corrected chi connectivity index (χ2v) is 5.96. The molecule has 2 heterocycles. The van der Waals surface area contributed by atoms with Crippen LogP contribution in [0.2, 0.25) is 5.02 Å². The van der Waals surface area contributed by atoms with Gasteiger partial charge in [-0.3, -0.25) is 9.48 Å². The highest BCUT2D eigenvalue weighted by Crippen LogP contribution is 2.20. The summed E-state index contributed by atoms with van der Waals surface area (Å²) in [4.78, 5) is 24.1. The van der Waals surface area contributed by atoms with Crippen molar-refractivity contribution in [3.63, 3.8) is 0 Å². The lowest BCUT2D eigenvalue weighted by atomic mass is 10.3. The molecule has 2 aromatic heterocycles. The van der Waals surface area contributed by atoms with Crippen molar-refractivity contribution < 1.29 is 23.5 Å². The first-order valence-corrected chi connectivity index (χ1v) is 8.24. The Hall–Kier alpha value is -3.26. The average Bonchev–Trinajstić information content (AvgIpc) is 3.26. The number of methoxy groups -OCH3 is 1. The molecule has 1 N–H and O–H groups in total. The second kappa shape index (κ2) is 7.96. The fourth-order valence-electron chi connectivity index (χ4n) is 2.30. The minimum absolute atomic E-state index is 0.00409. The van der Waals surface area contributed by atoms with E-state index in [1.165, 1.54) is 24.1 Å². The first-order chi connectivity index (χ1) is 13.0. The predicted molar refractivity (Wildman–Crippen MR) is 97.0 cm³/mol. The van der Waals surface area contributed by atoms with Gasteiger partial charge in [0.1, 0.15) is 18.1 Å². The van der Waals surface area contributed by atoms with Gasteiger partial charge < -0.3 is 19.2 Å². The Kier molecular flexibility index (Phi) is 5.46. The third-order valence-electron chi connectivity index (χ3n) is 3.52. The smallest absolute Gasteiger partial charge is 0.360 e. The van der Waals surface area contributed by atoms with Crippen molar-refractivity contribution in [3.05, 3.63) is 64.8 Å². The van der Waals surface area contributed by atoms with Crippen LogP contribution in [-0.4, -0.2) is 28.8 Å². The van der Waals surface area contributed by atoms with E-state index in [0.29, 0.717) is 16.5 Å². The molecule has 0 spiro atoms. The quantitative estimate of drug-likeness (QED) is 0.650. The molecule has 0 radical (unpaired) electrons. The van der Waals surface area contributed by atoms with Crippen molar-refractivity contribution in [1.29, 1.82) is 0 Å². The number of halogens is 1. The van der Waals surface area contributed by atoms with E-state index < -0.39 is 11.9 Å². The summed E-state index contributed by atoms with van der Waals surface area (Å²) >= 11 is 5.90. The molecule has 1 aromatic carbocycles. The zero-order valence-electron chi connectivity index (χ0n) is 14.6. The summed E-state index contributed by atoms with van der Waals surface area (Å²) in [6.07, 6.45) is 1.50. The summed E-state index contributed by atoms with van der Waals surface area (Å²) in [7, 11) is 2.86. The minimum Gasteiger partial charge on any atom is -0.486 e. The largest absolute Gasteiger partial charge is 0.486 e. The van der Waals surface area contributed by atoms with Crippen LogP contribution < -0.4 is 10.1 Å². The first kappa shape index (κ1) is 18.5. The molecule has 0 fully saturated rings. The van der Waals surface area contributed by atoms with Crippen molar-refractivity contribution in [3.8, 4) is 5.75 Å². The van der Waals surface area contributed by atoms with E-state index in [9.17, 15) is 9.59 Å². The molecule has 3 aromatic rings. The first-order valence-electron chi connectivity index (χ1n) is 7.86. The molecule has 0 saturated carbocycles. The van der Waals surface area contributed by atoms with E-state index >= 15 is 0 Å². The van der Waals surface area contributed by atoms with Crippen LogP contribution in [0.5, 0.6) is 5.75 Å². The van der Waals surface area contributed by atoms with Gasteiger partial charge >= 0.3 is 5.97 Å². The van der Waals surface area contributed by atoms with Gasteiger partial charge in [-0.2, -0.15) is 5.10 Å². The van der Waals surface area contributed by atoms with Gasteiger partial charge in [-0.15, -0.1) is 0 Å². The Morgan fingerprint density at radius 2 is 2.11 bits per heavy atom. The molecule has 0 aliphatic carbocycles. The molecule has 0 aliphatic rings. The SMILES string of the molecule is COC(=O)c1nn(C)cc1NC(=O)c1ccc(COc2cccc(Cl)c2)o1. The highest BCUT2D eigenvalue weighted by Gasteiger charge is 2.20. The molecule has 27 heavy (non-hydrogen) atoms. The number of furan rings is 1. The van der Waals surface area contributed by atoms with Gasteiger partial charge in [0, 0.05) is 18.3 Å². The van der Waals surface area contributed by atoms with Crippen molar-refractivity contribution in [2.45, 2.75) is 6.61 Å².